The van der Waals surface area contributed by atoms with Crippen LogP contribution in [-0.4, -0.2) is 59.2 Å². The van der Waals surface area contributed by atoms with Gasteiger partial charge in [0.2, 0.25) is 0 Å². The predicted molar refractivity (Wildman–Crippen MR) is 116 cm³/mol. The number of nitrogens with zero attached hydrogens (tertiary/aromatic N) is 4. The van der Waals surface area contributed by atoms with Crippen LogP contribution >= 0.6 is 23.5 Å². The van der Waals surface area contributed by atoms with E-state index < -0.39 is 81.1 Å². The average molecular weight is 642 g/mol. The summed E-state index contributed by atoms with van der Waals surface area (Å²) >= 11 is 0. The van der Waals surface area contributed by atoms with Gasteiger partial charge in [0.1, 0.15) is 0 Å². The number of allylic oxidation sites excluding steroid dienone is 1. The zero-order chi connectivity index (χ0) is 28.8. The fourth-order valence-electron chi connectivity index (χ4n) is 5.37. The summed E-state index contributed by atoms with van der Waals surface area (Å²) in [5, 5.41) is 23.7. The molecule has 0 amide bonds. The molecule has 220 valence electrons. The lowest BCUT2D eigenvalue weighted by Gasteiger charge is -2.41. The molecule has 8 aliphatic heterocycles. The van der Waals surface area contributed by atoms with Crippen LogP contribution in [0.4, 0.5) is 0 Å². The van der Waals surface area contributed by atoms with E-state index in [1.807, 2.05) is 6.92 Å². The summed E-state index contributed by atoms with van der Waals surface area (Å²) in [6, 6.07) is -0.949. The maximum absolute atomic E-state index is 13.4. The molecule has 1 spiro atoms. The van der Waals surface area contributed by atoms with Gasteiger partial charge in [0.25, 0.3) is 0 Å². The Bertz CT molecular complexity index is 1970. The molecule has 0 radical (unpaired) electrons. The van der Waals surface area contributed by atoms with Gasteiger partial charge in [-0.25, -0.2) is 45.6 Å². The minimum absolute atomic E-state index is 0.0484. The van der Waals surface area contributed by atoms with E-state index in [1.54, 1.807) is 13.0 Å². The number of hydrogen-bond donors (Lipinski definition) is 2. The van der Waals surface area contributed by atoms with Gasteiger partial charge in [-0.05, 0) is 13.3 Å². The lowest BCUT2D eigenvalue weighted by atomic mass is 9.95. The van der Waals surface area contributed by atoms with Gasteiger partial charge < -0.3 is 19.5 Å². The van der Waals surface area contributed by atoms with Gasteiger partial charge in [0.05, 0.1) is 6.61 Å². The normalized spacial score (nSPS) is 49.1. The molecule has 10 rings (SSSR count). The molecule has 25 heteroatoms. The number of rotatable bonds is 5. The zero-order valence-electron chi connectivity index (χ0n) is 20.0. The van der Waals surface area contributed by atoms with Gasteiger partial charge in [-0.2, -0.15) is 9.55 Å². The van der Waals surface area contributed by atoms with Gasteiger partial charge >= 0.3 is 70.0 Å². The highest BCUT2D eigenvalue weighted by molar-refractivity contribution is 7.50. The van der Waals surface area contributed by atoms with Crippen LogP contribution in [0.15, 0.2) is 21.2 Å². The molecule has 2 unspecified atom stereocenters. The first-order valence-electron chi connectivity index (χ1n) is 11.5. The average Bonchev–Trinajstić information content (AvgIpc) is 3.54. The lowest BCUT2D eigenvalue weighted by Crippen LogP contribution is -2.71. The summed E-state index contributed by atoms with van der Waals surface area (Å²) in [7, 11) is -14.5. The Balaban J connectivity index is 1.32. The molecule has 9 bridgehead atoms. The quantitative estimate of drug-likeness (QED) is 0.288. The Kier molecular flexibility index (Phi) is 4.02. The van der Waals surface area contributed by atoms with Crippen molar-refractivity contribution in [3.63, 3.8) is 0 Å². The van der Waals surface area contributed by atoms with E-state index >= 15 is 0 Å². The zero-order valence-corrected chi connectivity index (χ0v) is 22.7. The van der Waals surface area contributed by atoms with Gasteiger partial charge in [-0.3, -0.25) is 18.8 Å². The summed E-state index contributed by atoms with van der Waals surface area (Å²) in [5.41, 5.74) is -3.24. The largest absolute Gasteiger partial charge is 0.689 e. The number of aliphatic hydroxyl groups is 2. The number of phosphoric ester groups is 2. The fourth-order valence-corrected chi connectivity index (χ4v) is 9.88. The van der Waals surface area contributed by atoms with Gasteiger partial charge in [0, 0.05) is 0 Å². The van der Waals surface area contributed by atoms with Crippen LogP contribution in [0.2, 0.25) is 0 Å². The third-order valence-corrected chi connectivity index (χ3v) is 11.3. The van der Waals surface area contributed by atoms with Crippen molar-refractivity contribution in [1.29, 1.82) is 0 Å². The molecule has 0 aromatic carbocycles. The molecule has 2 aromatic heterocycles. The Morgan fingerprint density at radius 2 is 1.66 bits per heavy atom. The molecule has 6 atom stereocenters. The summed E-state index contributed by atoms with van der Waals surface area (Å²) in [5.74, 6) is -16.3. The van der Waals surface area contributed by atoms with E-state index in [2.05, 4.69) is 4.98 Å². The van der Waals surface area contributed by atoms with Crippen LogP contribution in [0, 0.1) is 0 Å². The van der Waals surface area contributed by atoms with Crippen molar-refractivity contribution >= 4 is 34.6 Å². The van der Waals surface area contributed by atoms with E-state index in [0.717, 1.165) is 5.57 Å². The van der Waals surface area contributed by atoms with Crippen molar-refractivity contribution in [3.05, 3.63) is 32.5 Å². The molecule has 0 saturated carbocycles. The van der Waals surface area contributed by atoms with E-state index in [-0.39, 0.29) is 16.1 Å². The van der Waals surface area contributed by atoms with Crippen LogP contribution in [0.1, 0.15) is 20.3 Å². The smallest absolute Gasteiger partial charge is 0.356 e. The Morgan fingerprint density at radius 1 is 0.976 bits per heavy atom. The molecule has 41 heavy (non-hydrogen) atoms. The van der Waals surface area contributed by atoms with Crippen LogP contribution in [0.25, 0.3) is 11.2 Å². The van der Waals surface area contributed by atoms with E-state index in [9.17, 15) is 33.5 Å². The van der Waals surface area contributed by atoms with Crippen LogP contribution in [0.5, 0.6) is 6.01 Å². The number of hydrogen-bond acceptors (Lipinski definition) is 19. The molecule has 2 N–H and O–H groups in total. The molecule has 6 saturated heterocycles. The van der Waals surface area contributed by atoms with Crippen LogP contribution in [-0.2, 0) is 56.2 Å². The maximum Gasteiger partial charge on any atom is 0.689 e. The van der Waals surface area contributed by atoms with Crippen molar-refractivity contribution in [1.82, 2.24) is 19.0 Å². The molecule has 2 aromatic rings. The summed E-state index contributed by atoms with van der Waals surface area (Å²) in [6.45, 7) is 3.29. The highest BCUT2D eigenvalue weighted by Crippen LogP contribution is 2.90. The number of phosphoric acid groups is 3. The van der Waals surface area contributed by atoms with Crippen molar-refractivity contribution in [3.8, 4) is 6.01 Å². The summed E-state index contributed by atoms with van der Waals surface area (Å²) < 4.78 is 98.2. The summed E-state index contributed by atoms with van der Waals surface area (Å²) in [4.78, 5) is 29.7. The Morgan fingerprint density at radius 3 is 2.37 bits per heavy atom. The molecular formula is C16H13N4O18P3. The number of ether oxygens (including phenoxy) is 2. The van der Waals surface area contributed by atoms with E-state index in [4.69, 9.17) is 50.4 Å². The standard InChI is InChI=1S/C16H13N4O18P3/c1-3-6(2)4-5-28-16-14(33-41(27,35-16)36-16)12(23)13(24)15(30-14,34-40(26,31-12)32-13)18-8-7-9(21)20-11(22)19(8)37-39(25,38-20)29-10(18)17-7/h4,23-24H,3,5H2,1-2H3/b6-4+/t12-,13+,14+,15+,16?,39?,40?,41?/m0/s1. The molecule has 10 heterocycles. The van der Waals surface area contributed by atoms with E-state index in [1.165, 1.54) is 0 Å². The van der Waals surface area contributed by atoms with Crippen molar-refractivity contribution in [2.45, 2.75) is 49.5 Å². The minimum Gasteiger partial charge on any atom is -0.356 e. The van der Waals surface area contributed by atoms with Crippen molar-refractivity contribution < 1.29 is 74.3 Å². The van der Waals surface area contributed by atoms with E-state index in [0.29, 0.717) is 11.0 Å². The van der Waals surface area contributed by atoms with Gasteiger partial charge in [-0.1, -0.05) is 28.0 Å². The SMILES string of the molecule is CC/C(C)=C/COC12OP(=O)(O1)O[C@@]21O[C@@]2(n3c4nc5c(=O)n6c(=O)n(c53)OP(=O)(O4)O6)OP3(=O)O[C@]2(O)[C@]1(O)O3. The lowest BCUT2D eigenvalue weighted by molar-refractivity contribution is -0.463. The monoisotopic (exact) mass is 642 g/mol. The molecule has 0 aliphatic carbocycles. The number of imidazole rings is 1. The third-order valence-electron chi connectivity index (χ3n) is 7.31. The van der Waals surface area contributed by atoms with Crippen molar-refractivity contribution in [2.75, 3.05) is 6.61 Å². The van der Waals surface area contributed by atoms with Crippen LogP contribution in [0.3, 0.4) is 0 Å². The second-order valence-corrected chi connectivity index (χ2v) is 13.9. The minimum atomic E-state index is -5.08. The first-order valence-corrected chi connectivity index (χ1v) is 15.9. The Labute approximate surface area is 223 Å². The first-order chi connectivity index (χ1) is 19.1. The number of aromatic nitrogens is 4. The first kappa shape index (κ1) is 25.1. The maximum atomic E-state index is 13.4. The van der Waals surface area contributed by atoms with Crippen LogP contribution < -0.4 is 25.0 Å². The topological polar surface area (TPSA) is 255 Å². The highest BCUT2D eigenvalue weighted by atomic mass is 31.2. The third kappa shape index (κ3) is 2.37. The van der Waals surface area contributed by atoms with Gasteiger partial charge in [-0.15, -0.1) is 0 Å². The fraction of sp³-hybridized carbons (Fsp3) is 0.562. The molecule has 8 aliphatic rings. The predicted octanol–water partition coefficient (Wildman–Crippen LogP) is -1.16. The molecule has 22 nitrogen and oxygen atoms in total. The highest BCUT2D eigenvalue weighted by Gasteiger charge is 3.06. The van der Waals surface area contributed by atoms with Crippen molar-refractivity contribution in [2.24, 2.45) is 0 Å². The number of fused-ring (bicyclic) bond motifs is 5. The Hall–Kier alpha value is -2.42. The molecular weight excluding hydrogens is 629 g/mol. The van der Waals surface area contributed by atoms with Gasteiger partial charge in [0.15, 0.2) is 11.2 Å². The summed E-state index contributed by atoms with van der Waals surface area (Å²) in [6.07, 6.45) is 2.18. The second-order valence-electron chi connectivity index (χ2n) is 9.58. The second kappa shape index (κ2) is 6.56. The molecule has 6 fully saturated rings.